The second-order valence-electron chi connectivity index (χ2n) is 3.60. The lowest BCUT2D eigenvalue weighted by molar-refractivity contribution is -0.116. The van der Waals surface area contributed by atoms with Crippen molar-refractivity contribution in [3.05, 3.63) is 5.89 Å². The van der Waals surface area contributed by atoms with Crippen LogP contribution in [0.3, 0.4) is 0 Å². The van der Waals surface area contributed by atoms with E-state index in [0.717, 1.165) is 18.1 Å². The first-order valence-electron chi connectivity index (χ1n) is 5.15. The molecule has 0 radical (unpaired) electrons. The number of hydrogen-bond donors (Lipinski definition) is 2. The lowest BCUT2D eigenvalue weighted by Gasteiger charge is -2.22. The largest absolute Gasteiger partial charge is 0.408 e. The van der Waals surface area contributed by atoms with Crippen LogP contribution in [0.5, 0.6) is 0 Å². The van der Waals surface area contributed by atoms with Gasteiger partial charge in [-0.3, -0.25) is 10.1 Å². The molecule has 1 saturated heterocycles. The summed E-state index contributed by atoms with van der Waals surface area (Å²) in [5.74, 6) is 2.43. The normalized spacial score (nSPS) is 20.7. The van der Waals surface area contributed by atoms with Crippen LogP contribution in [0.25, 0.3) is 0 Å². The molecule has 1 aromatic heterocycles. The van der Waals surface area contributed by atoms with E-state index in [9.17, 15) is 4.79 Å². The molecule has 0 aromatic carbocycles. The fraction of sp³-hybridized carbons (Fsp3) is 0.667. The summed E-state index contributed by atoms with van der Waals surface area (Å²) in [7, 11) is 0. The fourth-order valence-electron chi connectivity index (χ4n) is 1.49. The summed E-state index contributed by atoms with van der Waals surface area (Å²) in [6, 6.07) is 0.411. The Kier molecular flexibility index (Phi) is 3.79. The third-order valence-corrected chi connectivity index (χ3v) is 3.33. The van der Waals surface area contributed by atoms with E-state index in [-0.39, 0.29) is 18.0 Å². The van der Waals surface area contributed by atoms with E-state index in [0.29, 0.717) is 12.3 Å². The molecule has 1 unspecified atom stereocenters. The maximum absolute atomic E-state index is 11.6. The van der Waals surface area contributed by atoms with Gasteiger partial charge >= 0.3 is 6.01 Å². The molecule has 1 fully saturated rings. The Labute approximate surface area is 97.6 Å². The SMILES string of the molecule is Cc1nnc(NC(=O)CC2CSCCN2)o1. The Morgan fingerprint density at radius 3 is 3.19 bits per heavy atom. The van der Waals surface area contributed by atoms with E-state index in [1.54, 1.807) is 6.92 Å². The van der Waals surface area contributed by atoms with Crippen LogP contribution in [0.1, 0.15) is 12.3 Å². The van der Waals surface area contributed by atoms with Crippen molar-refractivity contribution in [2.75, 3.05) is 23.4 Å². The topological polar surface area (TPSA) is 80.0 Å². The van der Waals surface area contributed by atoms with Crippen LogP contribution in [0.15, 0.2) is 4.42 Å². The molecule has 16 heavy (non-hydrogen) atoms. The highest BCUT2D eigenvalue weighted by Crippen LogP contribution is 2.11. The second kappa shape index (κ2) is 5.31. The molecule has 2 rings (SSSR count). The Bertz CT molecular complexity index is 362. The molecule has 7 heteroatoms. The van der Waals surface area contributed by atoms with Crippen LogP contribution >= 0.6 is 11.8 Å². The molecule has 2 N–H and O–H groups in total. The molecule has 0 saturated carbocycles. The highest BCUT2D eigenvalue weighted by molar-refractivity contribution is 7.99. The van der Waals surface area contributed by atoms with Crippen LogP contribution in [-0.4, -0.2) is 40.2 Å². The van der Waals surface area contributed by atoms with Crippen molar-refractivity contribution in [2.45, 2.75) is 19.4 Å². The van der Waals surface area contributed by atoms with E-state index in [1.807, 2.05) is 11.8 Å². The molecule has 0 bridgehead atoms. The molecule has 0 spiro atoms. The number of carbonyl (C=O) groups excluding carboxylic acids is 1. The molecule has 1 aliphatic heterocycles. The number of nitrogens with zero attached hydrogens (tertiary/aromatic N) is 2. The van der Waals surface area contributed by atoms with Gasteiger partial charge in [0.1, 0.15) is 0 Å². The average molecular weight is 242 g/mol. The highest BCUT2D eigenvalue weighted by Gasteiger charge is 2.17. The predicted molar refractivity (Wildman–Crippen MR) is 61.4 cm³/mol. The molecule has 1 amide bonds. The van der Waals surface area contributed by atoms with E-state index >= 15 is 0 Å². The van der Waals surface area contributed by atoms with Crippen LogP contribution in [-0.2, 0) is 4.79 Å². The van der Waals surface area contributed by atoms with Gasteiger partial charge < -0.3 is 9.73 Å². The average Bonchev–Trinajstić information content (AvgIpc) is 2.65. The number of nitrogens with one attached hydrogen (secondary N) is 2. The third kappa shape index (κ3) is 3.21. The van der Waals surface area contributed by atoms with Gasteiger partial charge in [0.05, 0.1) is 0 Å². The summed E-state index contributed by atoms with van der Waals surface area (Å²) in [5, 5.41) is 13.2. The van der Waals surface area contributed by atoms with Crippen LogP contribution in [0.2, 0.25) is 0 Å². The van der Waals surface area contributed by atoms with Gasteiger partial charge in [0.25, 0.3) is 0 Å². The number of hydrogen-bond acceptors (Lipinski definition) is 6. The number of rotatable bonds is 3. The molecular formula is C9H14N4O2S. The third-order valence-electron chi connectivity index (χ3n) is 2.20. The van der Waals surface area contributed by atoms with Crippen molar-refractivity contribution in [1.82, 2.24) is 15.5 Å². The summed E-state index contributed by atoms with van der Waals surface area (Å²) in [4.78, 5) is 11.6. The summed E-state index contributed by atoms with van der Waals surface area (Å²) >= 11 is 1.86. The van der Waals surface area contributed by atoms with Gasteiger partial charge in [-0.05, 0) is 0 Å². The Balaban J connectivity index is 1.79. The maximum Gasteiger partial charge on any atom is 0.322 e. The lowest BCUT2D eigenvalue weighted by Crippen LogP contribution is -2.39. The highest BCUT2D eigenvalue weighted by atomic mass is 32.2. The summed E-state index contributed by atoms with van der Waals surface area (Å²) < 4.78 is 5.06. The van der Waals surface area contributed by atoms with Gasteiger partial charge in [-0.15, -0.1) is 5.10 Å². The molecule has 1 aromatic rings. The summed E-state index contributed by atoms with van der Waals surface area (Å²) in [6.07, 6.45) is 0.439. The predicted octanol–water partition coefficient (Wildman–Crippen LogP) is 0.412. The van der Waals surface area contributed by atoms with Crippen molar-refractivity contribution in [3.63, 3.8) is 0 Å². The zero-order valence-electron chi connectivity index (χ0n) is 9.02. The molecule has 2 heterocycles. The molecule has 1 aliphatic rings. The van der Waals surface area contributed by atoms with Crippen molar-refractivity contribution in [3.8, 4) is 0 Å². The van der Waals surface area contributed by atoms with Gasteiger partial charge in [-0.2, -0.15) is 11.8 Å². The van der Waals surface area contributed by atoms with Crippen molar-refractivity contribution < 1.29 is 9.21 Å². The zero-order chi connectivity index (χ0) is 11.4. The maximum atomic E-state index is 11.6. The number of aromatic nitrogens is 2. The number of aryl methyl sites for hydroxylation is 1. The monoisotopic (exact) mass is 242 g/mol. The van der Waals surface area contributed by atoms with Gasteiger partial charge in [-0.25, -0.2) is 0 Å². The molecule has 0 aliphatic carbocycles. The molecule has 1 atom stereocenters. The fourth-order valence-corrected chi connectivity index (χ4v) is 2.44. The molecule has 6 nitrogen and oxygen atoms in total. The lowest BCUT2D eigenvalue weighted by atomic mass is 10.2. The molecule has 88 valence electrons. The minimum absolute atomic E-state index is 0.0938. The Morgan fingerprint density at radius 2 is 2.56 bits per heavy atom. The first kappa shape index (κ1) is 11.4. The quantitative estimate of drug-likeness (QED) is 0.799. The van der Waals surface area contributed by atoms with Gasteiger partial charge in [0.15, 0.2) is 0 Å². The van der Waals surface area contributed by atoms with Crippen LogP contribution in [0, 0.1) is 6.92 Å². The van der Waals surface area contributed by atoms with Gasteiger partial charge in [0, 0.05) is 37.4 Å². The molecular weight excluding hydrogens is 228 g/mol. The minimum atomic E-state index is -0.0938. The van der Waals surface area contributed by atoms with Crippen molar-refractivity contribution >= 4 is 23.7 Å². The Hall–Kier alpha value is -1.08. The summed E-state index contributed by atoms with van der Waals surface area (Å²) in [6.45, 7) is 2.64. The van der Waals surface area contributed by atoms with E-state index in [1.165, 1.54) is 0 Å². The standard InChI is InChI=1S/C9H14N4O2S/c1-6-12-13-9(15-6)11-8(14)4-7-5-16-3-2-10-7/h7,10H,2-5H2,1H3,(H,11,13,14). The smallest absolute Gasteiger partial charge is 0.322 e. The second-order valence-corrected chi connectivity index (χ2v) is 4.75. The summed E-state index contributed by atoms with van der Waals surface area (Å²) in [5.41, 5.74) is 0. The van der Waals surface area contributed by atoms with E-state index in [4.69, 9.17) is 4.42 Å². The van der Waals surface area contributed by atoms with Crippen LogP contribution < -0.4 is 10.6 Å². The van der Waals surface area contributed by atoms with E-state index < -0.39 is 0 Å². The first-order chi connectivity index (χ1) is 7.74. The number of amides is 1. The number of anilines is 1. The van der Waals surface area contributed by atoms with Crippen molar-refractivity contribution in [1.29, 1.82) is 0 Å². The zero-order valence-corrected chi connectivity index (χ0v) is 9.84. The minimum Gasteiger partial charge on any atom is -0.408 e. The first-order valence-corrected chi connectivity index (χ1v) is 6.30. The Morgan fingerprint density at radius 1 is 1.69 bits per heavy atom. The van der Waals surface area contributed by atoms with E-state index in [2.05, 4.69) is 20.8 Å². The van der Waals surface area contributed by atoms with Crippen molar-refractivity contribution in [2.24, 2.45) is 0 Å². The van der Waals surface area contributed by atoms with Gasteiger partial charge in [-0.1, -0.05) is 5.10 Å². The van der Waals surface area contributed by atoms with Gasteiger partial charge in [0.2, 0.25) is 11.8 Å². The number of thioether (sulfide) groups is 1. The number of carbonyl (C=O) groups is 1. The van der Waals surface area contributed by atoms with Crippen LogP contribution in [0.4, 0.5) is 6.01 Å².